The summed E-state index contributed by atoms with van der Waals surface area (Å²) < 4.78 is 12.9. The number of likely N-dealkylation sites (N-methyl/N-ethyl adjacent to an activating group) is 1. The fraction of sp³-hybridized carbons (Fsp3) is 0.571. The normalized spacial score (nSPS) is 13.0. The van der Waals surface area contributed by atoms with Gasteiger partial charge in [0.25, 0.3) is 0 Å². The van der Waals surface area contributed by atoms with E-state index in [1.807, 2.05) is 6.07 Å². The molecule has 0 heterocycles. The van der Waals surface area contributed by atoms with Crippen LogP contribution >= 0.6 is 0 Å². The topological polar surface area (TPSA) is 15.3 Å². The molecule has 1 N–H and O–H groups in total. The minimum absolute atomic E-state index is 0.152. The Labute approximate surface area is 104 Å². The van der Waals surface area contributed by atoms with Crippen molar-refractivity contribution in [1.29, 1.82) is 0 Å². The van der Waals surface area contributed by atoms with E-state index in [1.165, 1.54) is 6.07 Å². The zero-order valence-electron chi connectivity index (χ0n) is 11.0. The summed E-state index contributed by atoms with van der Waals surface area (Å²) in [5.41, 5.74) is 1.05. The molecule has 0 radical (unpaired) electrons. The van der Waals surface area contributed by atoms with Crippen LogP contribution < -0.4 is 5.32 Å². The first-order valence-corrected chi connectivity index (χ1v) is 6.28. The molecule has 1 aromatic rings. The zero-order valence-corrected chi connectivity index (χ0v) is 11.0. The van der Waals surface area contributed by atoms with E-state index in [2.05, 4.69) is 31.1 Å². The molecule has 0 amide bonds. The van der Waals surface area contributed by atoms with Gasteiger partial charge < -0.3 is 10.2 Å². The molecule has 0 saturated heterocycles. The van der Waals surface area contributed by atoms with Gasteiger partial charge in [-0.05, 0) is 51.2 Å². The van der Waals surface area contributed by atoms with Gasteiger partial charge in [0.15, 0.2) is 0 Å². The van der Waals surface area contributed by atoms with Crippen molar-refractivity contribution < 1.29 is 4.39 Å². The van der Waals surface area contributed by atoms with Gasteiger partial charge in [0.2, 0.25) is 0 Å². The highest BCUT2D eigenvalue weighted by molar-refractivity contribution is 5.16. The highest BCUT2D eigenvalue weighted by atomic mass is 19.1. The van der Waals surface area contributed by atoms with Crippen LogP contribution in [0.25, 0.3) is 0 Å². The molecule has 96 valence electrons. The second kappa shape index (κ2) is 7.41. The van der Waals surface area contributed by atoms with E-state index in [0.29, 0.717) is 6.04 Å². The van der Waals surface area contributed by atoms with E-state index in [9.17, 15) is 4.39 Å². The van der Waals surface area contributed by atoms with Crippen LogP contribution in [0.2, 0.25) is 0 Å². The Kier molecular flexibility index (Phi) is 6.16. The van der Waals surface area contributed by atoms with Crippen LogP contribution in [0.5, 0.6) is 0 Å². The zero-order chi connectivity index (χ0) is 12.7. The van der Waals surface area contributed by atoms with Crippen LogP contribution in [-0.4, -0.2) is 37.6 Å². The van der Waals surface area contributed by atoms with Gasteiger partial charge in [-0.3, -0.25) is 0 Å². The smallest absolute Gasteiger partial charge is 0.123 e. The Morgan fingerprint density at radius 3 is 2.82 bits per heavy atom. The fourth-order valence-electron chi connectivity index (χ4n) is 1.82. The van der Waals surface area contributed by atoms with Gasteiger partial charge in [0.1, 0.15) is 5.82 Å². The van der Waals surface area contributed by atoms with E-state index in [-0.39, 0.29) is 5.82 Å². The Morgan fingerprint density at radius 2 is 2.18 bits per heavy atom. The first kappa shape index (κ1) is 14.1. The summed E-state index contributed by atoms with van der Waals surface area (Å²) in [6.45, 7) is 7.33. The summed E-state index contributed by atoms with van der Waals surface area (Å²) in [5.74, 6) is -0.152. The number of benzene rings is 1. The van der Waals surface area contributed by atoms with E-state index in [4.69, 9.17) is 0 Å². The maximum atomic E-state index is 12.9. The molecule has 1 aromatic carbocycles. The van der Waals surface area contributed by atoms with Crippen LogP contribution in [0.1, 0.15) is 19.4 Å². The SMILES string of the molecule is CCN(C)CC(C)NCCc1cccc(F)c1. The lowest BCUT2D eigenvalue weighted by Gasteiger charge is -2.20. The van der Waals surface area contributed by atoms with E-state index < -0.39 is 0 Å². The first-order valence-electron chi connectivity index (χ1n) is 6.28. The van der Waals surface area contributed by atoms with Crippen LogP contribution in [0.4, 0.5) is 4.39 Å². The Bertz CT molecular complexity index is 328. The summed E-state index contributed by atoms with van der Waals surface area (Å²) in [7, 11) is 2.12. The molecular weight excluding hydrogens is 215 g/mol. The van der Waals surface area contributed by atoms with Gasteiger partial charge >= 0.3 is 0 Å². The fourth-order valence-corrected chi connectivity index (χ4v) is 1.82. The van der Waals surface area contributed by atoms with Crippen molar-refractivity contribution in [2.75, 3.05) is 26.7 Å². The largest absolute Gasteiger partial charge is 0.313 e. The predicted molar refractivity (Wildman–Crippen MR) is 70.7 cm³/mol. The van der Waals surface area contributed by atoms with Crippen molar-refractivity contribution in [2.45, 2.75) is 26.3 Å². The molecule has 0 aliphatic heterocycles. The molecule has 1 unspecified atom stereocenters. The Balaban J connectivity index is 2.23. The number of halogens is 1. The first-order chi connectivity index (χ1) is 8.11. The summed E-state index contributed by atoms with van der Waals surface area (Å²) in [4.78, 5) is 2.28. The van der Waals surface area contributed by atoms with E-state index in [0.717, 1.165) is 31.6 Å². The van der Waals surface area contributed by atoms with Gasteiger partial charge in [-0.25, -0.2) is 4.39 Å². The molecule has 0 saturated carbocycles. The molecule has 0 fully saturated rings. The Morgan fingerprint density at radius 1 is 1.41 bits per heavy atom. The van der Waals surface area contributed by atoms with E-state index in [1.54, 1.807) is 12.1 Å². The number of hydrogen-bond donors (Lipinski definition) is 1. The molecule has 0 aromatic heterocycles. The minimum atomic E-state index is -0.152. The minimum Gasteiger partial charge on any atom is -0.313 e. The maximum absolute atomic E-state index is 12.9. The molecule has 0 spiro atoms. The summed E-state index contributed by atoms with van der Waals surface area (Å²) in [6.07, 6.45) is 0.873. The van der Waals surface area contributed by atoms with Crippen molar-refractivity contribution in [3.8, 4) is 0 Å². The van der Waals surface area contributed by atoms with Gasteiger partial charge in [-0.15, -0.1) is 0 Å². The molecular formula is C14H23FN2. The lowest BCUT2D eigenvalue weighted by Crippen LogP contribution is -2.38. The van der Waals surface area contributed by atoms with Crippen LogP contribution in [0.15, 0.2) is 24.3 Å². The molecule has 17 heavy (non-hydrogen) atoms. The molecule has 1 atom stereocenters. The third-order valence-electron chi connectivity index (χ3n) is 2.92. The van der Waals surface area contributed by atoms with Crippen LogP contribution in [-0.2, 0) is 6.42 Å². The van der Waals surface area contributed by atoms with Crippen molar-refractivity contribution in [2.24, 2.45) is 0 Å². The lowest BCUT2D eigenvalue weighted by molar-refractivity contribution is 0.311. The van der Waals surface area contributed by atoms with Gasteiger partial charge in [0.05, 0.1) is 0 Å². The number of rotatable bonds is 7. The van der Waals surface area contributed by atoms with Crippen molar-refractivity contribution in [3.05, 3.63) is 35.6 Å². The average molecular weight is 238 g/mol. The monoisotopic (exact) mass is 238 g/mol. The molecule has 0 bridgehead atoms. The van der Waals surface area contributed by atoms with Crippen molar-refractivity contribution in [1.82, 2.24) is 10.2 Å². The summed E-state index contributed by atoms with van der Waals surface area (Å²) in [6, 6.07) is 7.28. The number of hydrogen-bond acceptors (Lipinski definition) is 2. The summed E-state index contributed by atoms with van der Waals surface area (Å²) >= 11 is 0. The van der Waals surface area contributed by atoms with Crippen LogP contribution in [0, 0.1) is 5.82 Å². The molecule has 1 rings (SSSR count). The van der Waals surface area contributed by atoms with Gasteiger partial charge in [-0.1, -0.05) is 19.1 Å². The predicted octanol–water partition coefficient (Wildman–Crippen LogP) is 2.30. The highest BCUT2D eigenvalue weighted by Gasteiger charge is 2.04. The van der Waals surface area contributed by atoms with Crippen LogP contribution in [0.3, 0.4) is 0 Å². The molecule has 3 heteroatoms. The van der Waals surface area contributed by atoms with Crippen molar-refractivity contribution >= 4 is 0 Å². The molecule has 0 aliphatic carbocycles. The average Bonchev–Trinajstić information content (AvgIpc) is 2.29. The second-order valence-electron chi connectivity index (χ2n) is 4.59. The van der Waals surface area contributed by atoms with Gasteiger partial charge in [-0.2, -0.15) is 0 Å². The standard InChI is InChI=1S/C14H23FN2/c1-4-17(3)11-12(2)16-9-8-13-6-5-7-14(15)10-13/h5-7,10,12,16H,4,8-9,11H2,1-3H3. The quantitative estimate of drug-likeness (QED) is 0.784. The highest BCUT2D eigenvalue weighted by Crippen LogP contribution is 2.03. The number of nitrogens with zero attached hydrogens (tertiary/aromatic N) is 1. The van der Waals surface area contributed by atoms with E-state index >= 15 is 0 Å². The lowest BCUT2D eigenvalue weighted by atomic mass is 10.1. The third-order valence-corrected chi connectivity index (χ3v) is 2.92. The maximum Gasteiger partial charge on any atom is 0.123 e. The second-order valence-corrected chi connectivity index (χ2v) is 4.59. The summed E-state index contributed by atoms with van der Waals surface area (Å²) in [5, 5.41) is 3.45. The molecule has 0 aliphatic rings. The number of nitrogens with one attached hydrogen (secondary N) is 1. The molecule has 2 nitrogen and oxygen atoms in total. The van der Waals surface area contributed by atoms with Gasteiger partial charge in [0, 0.05) is 12.6 Å². The Hall–Kier alpha value is -0.930. The van der Waals surface area contributed by atoms with Crippen molar-refractivity contribution in [3.63, 3.8) is 0 Å². The third kappa shape index (κ3) is 5.80.